The smallest absolute Gasteiger partial charge is 0.123 e. The van der Waals surface area contributed by atoms with Crippen molar-refractivity contribution in [2.24, 2.45) is 0 Å². The SMILES string of the molecule is CC(O)CC[C@H](O)COc1ccc(F)cc1. The third kappa shape index (κ3) is 5.09. The average molecular weight is 228 g/mol. The van der Waals surface area contributed by atoms with Crippen molar-refractivity contribution in [3.05, 3.63) is 30.1 Å². The molecular weight excluding hydrogens is 211 g/mol. The van der Waals surface area contributed by atoms with Crippen LogP contribution >= 0.6 is 0 Å². The second-order valence-corrected chi connectivity index (χ2v) is 3.85. The molecule has 3 nitrogen and oxygen atoms in total. The molecule has 0 radical (unpaired) electrons. The molecule has 1 unspecified atom stereocenters. The van der Waals surface area contributed by atoms with Crippen molar-refractivity contribution in [3.8, 4) is 5.75 Å². The van der Waals surface area contributed by atoms with Gasteiger partial charge in [0, 0.05) is 0 Å². The molecule has 0 aliphatic heterocycles. The highest BCUT2D eigenvalue weighted by molar-refractivity contribution is 5.22. The molecule has 0 bridgehead atoms. The van der Waals surface area contributed by atoms with Crippen molar-refractivity contribution in [2.45, 2.75) is 32.0 Å². The lowest BCUT2D eigenvalue weighted by molar-refractivity contribution is 0.0809. The van der Waals surface area contributed by atoms with Gasteiger partial charge in [-0.2, -0.15) is 0 Å². The maximum Gasteiger partial charge on any atom is 0.123 e. The number of ether oxygens (including phenoxy) is 1. The zero-order valence-electron chi connectivity index (χ0n) is 9.27. The summed E-state index contributed by atoms with van der Waals surface area (Å²) < 4.78 is 17.8. The molecule has 0 aliphatic rings. The Balaban J connectivity index is 2.26. The molecule has 0 aliphatic carbocycles. The first-order chi connectivity index (χ1) is 7.58. The fourth-order valence-electron chi connectivity index (χ4n) is 1.24. The summed E-state index contributed by atoms with van der Waals surface area (Å²) in [4.78, 5) is 0. The van der Waals surface area contributed by atoms with Crippen molar-refractivity contribution in [1.29, 1.82) is 0 Å². The van der Waals surface area contributed by atoms with Gasteiger partial charge in [0.05, 0.1) is 12.2 Å². The Kier molecular flexibility index (Phi) is 5.22. The number of halogens is 1. The van der Waals surface area contributed by atoms with Gasteiger partial charge in [-0.15, -0.1) is 0 Å². The topological polar surface area (TPSA) is 49.7 Å². The zero-order valence-corrected chi connectivity index (χ0v) is 9.27. The molecule has 0 aromatic heterocycles. The maximum absolute atomic E-state index is 12.6. The second kappa shape index (κ2) is 6.45. The van der Waals surface area contributed by atoms with Crippen LogP contribution in [0.15, 0.2) is 24.3 Å². The predicted molar refractivity (Wildman–Crippen MR) is 58.8 cm³/mol. The van der Waals surface area contributed by atoms with Gasteiger partial charge in [0.25, 0.3) is 0 Å². The number of aliphatic hydroxyl groups is 2. The molecule has 0 spiro atoms. The molecule has 0 fully saturated rings. The summed E-state index contributed by atoms with van der Waals surface area (Å²) in [7, 11) is 0. The molecule has 16 heavy (non-hydrogen) atoms. The van der Waals surface area contributed by atoms with E-state index in [4.69, 9.17) is 9.84 Å². The average Bonchev–Trinajstić information content (AvgIpc) is 2.25. The van der Waals surface area contributed by atoms with Gasteiger partial charge in [0.15, 0.2) is 0 Å². The van der Waals surface area contributed by atoms with Crippen LogP contribution < -0.4 is 4.74 Å². The Morgan fingerprint density at radius 3 is 2.38 bits per heavy atom. The van der Waals surface area contributed by atoms with Crippen LogP contribution in [0.4, 0.5) is 4.39 Å². The minimum absolute atomic E-state index is 0.151. The Bertz CT molecular complexity index is 298. The highest BCUT2D eigenvalue weighted by Crippen LogP contribution is 2.12. The van der Waals surface area contributed by atoms with Crippen LogP contribution in [-0.4, -0.2) is 29.0 Å². The summed E-state index contributed by atoms with van der Waals surface area (Å²) in [5, 5.41) is 18.5. The van der Waals surface area contributed by atoms with Crippen molar-refractivity contribution in [3.63, 3.8) is 0 Å². The molecule has 1 aromatic rings. The number of aliphatic hydroxyl groups excluding tert-OH is 2. The molecule has 90 valence electrons. The van der Waals surface area contributed by atoms with E-state index in [0.717, 1.165) is 0 Å². The van der Waals surface area contributed by atoms with Gasteiger partial charge in [-0.1, -0.05) is 0 Å². The highest BCUT2D eigenvalue weighted by atomic mass is 19.1. The Morgan fingerprint density at radius 1 is 1.19 bits per heavy atom. The van der Waals surface area contributed by atoms with Crippen LogP contribution in [0.2, 0.25) is 0 Å². The number of hydrogen-bond acceptors (Lipinski definition) is 3. The molecule has 0 saturated carbocycles. The van der Waals surface area contributed by atoms with Gasteiger partial charge in [0.1, 0.15) is 18.2 Å². The number of hydrogen-bond donors (Lipinski definition) is 2. The summed E-state index contributed by atoms with van der Waals surface area (Å²) in [6.07, 6.45) is -0.00702. The van der Waals surface area contributed by atoms with Crippen molar-refractivity contribution >= 4 is 0 Å². The van der Waals surface area contributed by atoms with Crippen LogP contribution in [-0.2, 0) is 0 Å². The highest BCUT2D eigenvalue weighted by Gasteiger charge is 2.07. The fraction of sp³-hybridized carbons (Fsp3) is 0.500. The molecule has 0 amide bonds. The van der Waals surface area contributed by atoms with E-state index in [1.54, 1.807) is 6.92 Å². The van der Waals surface area contributed by atoms with E-state index in [1.807, 2.05) is 0 Å². The molecule has 1 rings (SSSR count). The van der Waals surface area contributed by atoms with E-state index >= 15 is 0 Å². The normalized spacial score (nSPS) is 14.5. The summed E-state index contributed by atoms with van der Waals surface area (Å²) in [5.41, 5.74) is 0. The lowest BCUT2D eigenvalue weighted by Gasteiger charge is -2.13. The zero-order chi connectivity index (χ0) is 12.0. The number of benzene rings is 1. The number of rotatable bonds is 6. The third-order valence-electron chi connectivity index (χ3n) is 2.17. The Morgan fingerprint density at radius 2 is 1.81 bits per heavy atom. The quantitative estimate of drug-likeness (QED) is 0.779. The van der Waals surface area contributed by atoms with Crippen molar-refractivity contribution in [2.75, 3.05) is 6.61 Å². The molecular formula is C12H17FO3. The Hall–Kier alpha value is -1.13. The van der Waals surface area contributed by atoms with Gasteiger partial charge in [0.2, 0.25) is 0 Å². The van der Waals surface area contributed by atoms with Gasteiger partial charge in [-0.3, -0.25) is 0 Å². The van der Waals surface area contributed by atoms with Crippen molar-refractivity contribution < 1.29 is 19.3 Å². The van der Waals surface area contributed by atoms with E-state index in [2.05, 4.69) is 0 Å². The summed E-state index contributed by atoms with van der Waals surface area (Å²) in [6.45, 7) is 1.83. The van der Waals surface area contributed by atoms with Crippen molar-refractivity contribution in [1.82, 2.24) is 0 Å². The molecule has 0 heterocycles. The van der Waals surface area contributed by atoms with Crippen LogP contribution in [0, 0.1) is 5.82 Å². The maximum atomic E-state index is 12.6. The summed E-state index contributed by atoms with van der Waals surface area (Å²) >= 11 is 0. The molecule has 2 atom stereocenters. The first kappa shape index (κ1) is 12.9. The van der Waals surface area contributed by atoms with E-state index in [0.29, 0.717) is 18.6 Å². The lowest BCUT2D eigenvalue weighted by Crippen LogP contribution is -2.19. The van der Waals surface area contributed by atoms with E-state index in [-0.39, 0.29) is 12.4 Å². The van der Waals surface area contributed by atoms with Crippen LogP contribution in [0.5, 0.6) is 5.75 Å². The van der Waals surface area contributed by atoms with E-state index in [9.17, 15) is 9.50 Å². The molecule has 2 N–H and O–H groups in total. The monoisotopic (exact) mass is 228 g/mol. The van der Waals surface area contributed by atoms with Crippen LogP contribution in [0.25, 0.3) is 0 Å². The van der Waals surface area contributed by atoms with Gasteiger partial charge in [-0.25, -0.2) is 4.39 Å². The minimum Gasteiger partial charge on any atom is -0.491 e. The predicted octanol–water partition coefficient (Wildman–Crippen LogP) is 1.73. The largest absolute Gasteiger partial charge is 0.491 e. The molecule has 0 saturated heterocycles. The lowest BCUT2D eigenvalue weighted by atomic mass is 10.1. The van der Waals surface area contributed by atoms with E-state index < -0.39 is 12.2 Å². The van der Waals surface area contributed by atoms with Crippen LogP contribution in [0.1, 0.15) is 19.8 Å². The third-order valence-corrected chi connectivity index (χ3v) is 2.17. The van der Waals surface area contributed by atoms with Gasteiger partial charge < -0.3 is 14.9 Å². The summed E-state index contributed by atoms with van der Waals surface area (Å²) in [6, 6.07) is 5.63. The molecule has 4 heteroatoms. The Labute approximate surface area is 94.5 Å². The van der Waals surface area contributed by atoms with Crippen LogP contribution in [0.3, 0.4) is 0 Å². The first-order valence-corrected chi connectivity index (χ1v) is 5.32. The van der Waals surface area contributed by atoms with Gasteiger partial charge in [-0.05, 0) is 44.0 Å². The first-order valence-electron chi connectivity index (χ1n) is 5.32. The summed E-state index contributed by atoms with van der Waals surface area (Å²) in [5.74, 6) is 0.208. The van der Waals surface area contributed by atoms with E-state index in [1.165, 1.54) is 24.3 Å². The second-order valence-electron chi connectivity index (χ2n) is 3.85. The van der Waals surface area contributed by atoms with Gasteiger partial charge >= 0.3 is 0 Å². The molecule has 1 aromatic carbocycles. The standard InChI is InChI=1S/C12H17FO3/c1-9(14)2-5-11(15)8-16-12-6-3-10(13)4-7-12/h3-4,6-7,9,11,14-15H,2,5,8H2,1H3/t9?,11-/m0/s1. The minimum atomic E-state index is -0.611. The fourth-order valence-corrected chi connectivity index (χ4v) is 1.24.